The topological polar surface area (TPSA) is 38.8 Å². The zero-order chi connectivity index (χ0) is 20.4. The molecule has 0 saturated heterocycles. The van der Waals surface area contributed by atoms with Gasteiger partial charge in [-0.15, -0.1) is 0 Å². The first-order valence-electron chi connectivity index (χ1n) is 9.91. The Labute approximate surface area is 168 Å². The Hall–Kier alpha value is -2.59. The molecule has 150 valence electrons. The van der Waals surface area contributed by atoms with Crippen LogP contribution >= 0.6 is 0 Å². The molecule has 0 atom stereocenters. The molecule has 0 bridgehead atoms. The largest absolute Gasteiger partial charge is 0.491 e. The lowest BCUT2D eigenvalue weighted by Crippen LogP contribution is -2.22. The van der Waals surface area contributed by atoms with Crippen LogP contribution in [0.25, 0.3) is 6.08 Å². The van der Waals surface area contributed by atoms with E-state index in [1.165, 1.54) is 11.6 Å². The molecular formula is C24H31NO3. The first kappa shape index (κ1) is 21.7. The third kappa shape index (κ3) is 7.57. The minimum Gasteiger partial charge on any atom is -0.491 e. The number of benzene rings is 2. The van der Waals surface area contributed by atoms with Crippen LogP contribution in [0.2, 0.25) is 0 Å². The van der Waals surface area contributed by atoms with Gasteiger partial charge in [-0.3, -0.25) is 4.90 Å². The van der Waals surface area contributed by atoms with Crippen LogP contribution in [0.5, 0.6) is 5.75 Å². The predicted molar refractivity (Wildman–Crippen MR) is 114 cm³/mol. The number of hydrogen-bond acceptors (Lipinski definition) is 4. The molecule has 0 saturated carbocycles. The summed E-state index contributed by atoms with van der Waals surface area (Å²) in [5, 5.41) is 0. The average Bonchev–Trinajstić information content (AvgIpc) is 2.69. The first-order chi connectivity index (χ1) is 13.5. The molecule has 0 N–H and O–H groups in total. The van der Waals surface area contributed by atoms with Crippen LogP contribution in [0.4, 0.5) is 0 Å². The molecular weight excluding hydrogens is 350 g/mol. The van der Waals surface area contributed by atoms with E-state index in [9.17, 15) is 4.79 Å². The van der Waals surface area contributed by atoms with E-state index < -0.39 is 0 Å². The lowest BCUT2D eigenvalue weighted by molar-refractivity contribution is -0.138. The summed E-state index contributed by atoms with van der Waals surface area (Å²) >= 11 is 0. The van der Waals surface area contributed by atoms with Crippen molar-refractivity contribution in [3.05, 3.63) is 71.3 Å². The monoisotopic (exact) mass is 381 g/mol. The van der Waals surface area contributed by atoms with Gasteiger partial charge < -0.3 is 9.47 Å². The smallest absolute Gasteiger partial charge is 0.331 e. The molecule has 2 rings (SSSR count). The molecule has 0 fully saturated rings. The number of rotatable bonds is 10. The van der Waals surface area contributed by atoms with Crippen molar-refractivity contribution in [1.29, 1.82) is 0 Å². The minimum absolute atomic E-state index is 0.114. The number of ether oxygens (including phenoxy) is 2. The van der Waals surface area contributed by atoms with Crippen LogP contribution in [0.3, 0.4) is 0 Å². The van der Waals surface area contributed by atoms with Crippen LogP contribution < -0.4 is 4.74 Å². The average molecular weight is 382 g/mol. The van der Waals surface area contributed by atoms with Gasteiger partial charge in [0.05, 0.1) is 6.10 Å². The molecule has 0 aliphatic carbocycles. The Balaban J connectivity index is 1.84. The highest BCUT2D eigenvalue weighted by Gasteiger charge is 2.03. The lowest BCUT2D eigenvalue weighted by Gasteiger charge is -2.18. The van der Waals surface area contributed by atoms with Gasteiger partial charge in [-0.05, 0) is 61.8 Å². The van der Waals surface area contributed by atoms with Crippen LogP contribution in [-0.2, 0) is 22.7 Å². The fourth-order valence-electron chi connectivity index (χ4n) is 2.78. The van der Waals surface area contributed by atoms with Gasteiger partial charge in [0.25, 0.3) is 0 Å². The molecule has 2 aromatic rings. The van der Waals surface area contributed by atoms with Crippen molar-refractivity contribution in [2.45, 2.75) is 47.0 Å². The number of carbonyl (C=O) groups is 1. The van der Waals surface area contributed by atoms with Gasteiger partial charge in [0.1, 0.15) is 12.4 Å². The fourth-order valence-corrected chi connectivity index (χ4v) is 2.78. The quantitative estimate of drug-likeness (QED) is 0.425. The molecule has 0 heterocycles. The van der Waals surface area contributed by atoms with Gasteiger partial charge in [0, 0.05) is 12.6 Å². The van der Waals surface area contributed by atoms with E-state index in [2.05, 4.69) is 30.9 Å². The number of hydrogen-bond donors (Lipinski definition) is 0. The molecule has 0 radical (unpaired) electrons. The van der Waals surface area contributed by atoms with Gasteiger partial charge in [-0.1, -0.05) is 50.2 Å². The first-order valence-corrected chi connectivity index (χ1v) is 9.91. The highest BCUT2D eigenvalue weighted by Crippen LogP contribution is 2.16. The summed E-state index contributed by atoms with van der Waals surface area (Å²) in [7, 11) is 0. The van der Waals surface area contributed by atoms with E-state index in [1.807, 2.05) is 50.2 Å². The number of carbonyl (C=O) groups excluding carboxylic acids is 1. The molecule has 0 spiro atoms. The second-order valence-corrected chi connectivity index (χ2v) is 6.96. The molecule has 0 amide bonds. The van der Waals surface area contributed by atoms with Crippen LogP contribution in [0.15, 0.2) is 54.6 Å². The van der Waals surface area contributed by atoms with Gasteiger partial charge in [0.15, 0.2) is 0 Å². The van der Waals surface area contributed by atoms with E-state index >= 15 is 0 Å². The molecule has 4 nitrogen and oxygen atoms in total. The summed E-state index contributed by atoms with van der Waals surface area (Å²) < 4.78 is 11.0. The van der Waals surface area contributed by atoms with Gasteiger partial charge in [0.2, 0.25) is 0 Å². The third-order valence-corrected chi connectivity index (χ3v) is 4.35. The fraction of sp³-hybridized carbons (Fsp3) is 0.375. The van der Waals surface area contributed by atoms with Crippen molar-refractivity contribution in [1.82, 2.24) is 4.90 Å². The number of esters is 1. The second-order valence-electron chi connectivity index (χ2n) is 6.96. The SMILES string of the molecule is CCN(CC)Cc1ccc(COC(=O)/C=C/c2cccc(OC(C)C)c2)cc1. The van der Waals surface area contributed by atoms with Crippen LogP contribution in [0, 0.1) is 0 Å². The Morgan fingerprint density at radius 3 is 2.36 bits per heavy atom. The van der Waals surface area contributed by atoms with Crippen LogP contribution in [-0.4, -0.2) is 30.1 Å². The summed E-state index contributed by atoms with van der Waals surface area (Å²) in [4.78, 5) is 14.4. The van der Waals surface area contributed by atoms with Crippen molar-refractivity contribution in [3.8, 4) is 5.75 Å². The zero-order valence-corrected chi connectivity index (χ0v) is 17.4. The van der Waals surface area contributed by atoms with Gasteiger partial charge in [-0.25, -0.2) is 4.79 Å². The molecule has 0 aliphatic rings. The van der Waals surface area contributed by atoms with Crippen molar-refractivity contribution >= 4 is 12.0 Å². The summed E-state index contributed by atoms with van der Waals surface area (Å²) in [5.74, 6) is 0.428. The molecule has 2 aromatic carbocycles. The summed E-state index contributed by atoms with van der Waals surface area (Å²) in [6, 6.07) is 15.9. The second kappa shape index (κ2) is 11.3. The molecule has 4 heteroatoms. The standard InChI is InChI=1S/C24H31NO3/c1-5-25(6-2)17-21-10-12-22(13-11-21)18-27-24(26)15-14-20-8-7-9-23(16-20)28-19(3)4/h7-16,19H,5-6,17-18H2,1-4H3/b15-14+. The Bertz CT molecular complexity index is 762. The van der Waals surface area contributed by atoms with E-state index in [-0.39, 0.29) is 18.7 Å². The Morgan fingerprint density at radius 1 is 1.04 bits per heavy atom. The van der Waals surface area contributed by atoms with E-state index in [1.54, 1.807) is 6.08 Å². The summed E-state index contributed by atoms with van der Waals surface area (Å²) in [5.41, 5.74) is 3.15. The zero-order valence-electron chi connectivity index (χ0n) is 17.4. The normalized spacial score (nSPS) is 11.4. The van der Waals surface area contributed by atoms with E-state index in [0.717, 1.165) is 36.5 Å². The maximum Gasteiger partial charge on any atom is 0.331 e. The van der Waals surface area contributed by atoms with Crippen molar-refractivity contribution < 1.29 is 14.3 Å². The Kier molecular flexibility index (Phi) is 8.76. The van der Waals surface area contributed by atoms with Crippen molar-refractivity contribution in [3.63, 3.8) is 0 Å². The predicted octanol–water partition coefficient (Wildman–Crippen LogP) is 5.07. The van der Waals surface area contributed by atoms with Gasteiger partial charge >= 0.3 is 5.97 Å². The van der Waals surface area contributed by atoms with Crippen molar-refractivity contribution in [2.75, 3.05) is 13.1 Å². The maximum absolute atomic E-state index is 12.0. The molecule has 28 heavy (non-hydrogen) atoms. The highest BCUT2D eigenvalue weighted by molar-refractivity contribution is 5.87. The molecule has 0 aliphatic heterocycles. The minimum atomic E-state index is -0.359. The third-order valence-electron chi connectivity index (χ3n) is 4.35. The lowest BCUT2D eigenvalue weighted by atomic mass is 10.1. The van der Waals surface area contributed by atoms with E-state index in [4.69, 9.17) is 9.47 Å². The summed E-state index contributed by atoms with van der Waals surface area (Å²) in [6.45, 7) is 11.6. The number of nitrogens with zero attached hydrogens (tertiary/aromatic N) is 1. The van der Waals surface area contributed by atoms with Crippen molar-refractivity contribution in [2.24, 2.45) is 0 Å². The molecule has 0 unspecified atom stereocenters. The van der Waals surface area contributed by atoms with E-state index in [0.29, 0.717) is 0 Å². The summed E-state index contributed by atoms with van der Waals surface area (Å²) in [6.07, 6.45) is 3.30. The maximum atomic E-state index is 12.0. The van der Waals surface area contributed by atoms with Gasteiger partial charge in [-0.2, -0.15) is 0 Å². The Morgan fingerprint density at radius 2 is 1.71 bits per heavy atom. The highest BCUT2D eigenvalue weighted by atomic mass is 16.5. The molecule has 0 aromatic heterocycles. The van der Waals surface area contributed by atoms with Crippen LogP contribution in [0.1, 0.15) is 44.4 Å².